The molecule has 12 N–H and O–H groups in total. The number of hydrogen-bond acceptors (Lipinski definition) is 9. The monoisotopic (exact) mass is 534 g/mol. The quantitative estimate of drug-likeness (QED) is 0.100. The zero-order valence-electron chi connectivity index (χ0n) is 20.2. The van der Waals surface area contributed by atoms with Crippen LogP contribution in [0.3, 0.4) is 0 Å². The van der Waals surface area contributed by atoms with Crippen LogP contribution >= 0.6 is 0 Å². The summed E-state index contributed by atoms with van der Waals surface area (Å²) in [5.74, 6) is -5.50. The smallest absolute Gasteiger partial charge is 0.326 e. The van der Waals surface area contributed by atoms with Gasteiger partial charge in [0, 0.05) is 43.0 Å². The van der Waals surface area contributed by atoms with Gasteiger partial charge in [-0.3, -0.25) is 24.0 Å². The average molecular weight is 535 g/mol. The minimum Gasteiger partial charge on any atom is -0.480 e. The molecule has 0 aliphatic heterocycles. The third kappa shape index (κ3) is 9.69. The number of aromatic amines is 2. The average Bonchev–Trinajstić information content (AvgIpc) is 3.54. The Bertz CT molecular complexity index is 1120. The molecule has 0 radical (unpaired) electrons. The Hall–Kier alpha value is -4.80. The first-order valence-electron chi connectivity index (χ1n) is 11.4. The number of nitrogens with zero attached hydrogens (tertiary/aromatic N) is 2. The van der Waals surface area contributed by atoms with Crippen molar-refractivity contribution >= 4 is 35.5 Å². The predicted molar refractivity (Wildman–Crippen MR) is 128 cm³/mol. The van der Waals surface area contributed by atoms with Crippen molar-refractivity contribution in [3.8, 4) is 0 Å². The van der Waals surface area contributed by atoms with E-state index < -0.39 is 66.1 Å². The van der Waals surface area contributed by atoms with Crippen molar-refractivity contribution in [3.05, 3.63) is 36.4 Å². The summed E-state index contributed by atoms with van der Waals surface area (Å²) in [5.41, 5.74) is 16.7. The molecule has 38 heavy (non-hydrogen) atoms. The second-order valence-electron chi connectivity index (χ2n) is 8.37. The van der Waals surface area contributed by atoms with E-state index >= 15 is 0 Å². The van der Waals surface area contributed by atoms with Crippen molar-refractivity contribution in [1.29, 1.82) is 0 Å². The number of rotatable bonds is 16. The van der Waals surface area contributed by atoms with E-state index in [-0.39, 0.29) is 25.7 Å². The van der Waals surface area contributed by atoms with Gasteiger partial charge in [0.15, 0.2) is 0 Å². The van der Waals surface area contributed by atoms with E-state index in [4.69, 9.17) is 17.2 Å². The number of imidazole rings is 2. The van der Waals surface area contributed by atoms with Crippen LogP contribution in [0.2, 0.25) is 0 Å². The fraction of sp³-hybridized carbons (Fsp3) is 0.429. The Morgan fingerprint density at radius 1 is 0.789 bits per heavy atom. The van der Waals surface area contributed by atoms with Gasteiger partial charge >= 0.3 is 5.97 Å². The van der Waals surface area contributed by atoms with Crippen LogP contribution in [0.4, 0.5) is 0 Å². The van der Waals surface area contributed by atoms with E-state index in [1.54, 1.807) is 0 Å². The molecule has 0 aromatic carbocycles. The number of carbonyl (C=O) groups excluding carboxylic acids is 5. The van der Waals surface area contributed by atoms with Crippen LogP contribution in [0.1, 0.15) is 30.7 Å². The van der Waals surface area contributed by atoms with E-state index in [0.717, 1.165) is 0 Å². The molecule has 2 rings (SSSR count). The molecule has 17 nitrogen and oxygen atoms in total. The third-order valence-corrected chi connectivity index (χ3v) is 5.28. The highest BCUT2D eigenvalue weighted by Gasteiger charge is 2.31. The maximum atomic E-state index is 13.3. The van der Waals surface area contributed by atoms with E-state index in [9.17, 15) is 33.9 Å². The SMILES string of the molecule is NC(=O)CCC(NC(=O)C(Cc1cnc[nH]1)NC(=O)C(Cc1cnc[nH]1)NC(=O)C(N)CC(N)=O)C(=O)O. The van der Waals surface area contributed by atoms with Gasteiger partial charge in [-0.15, -0.1) is 0 Å². The molecule has 0 aliphatic rings. The highest BCUT2D eigenvalue weighted by molar-refractivity contribution is 5.95. The van der Waals surface area contributed by atoms with E-state index in [1.807, 2.05) is 0 Å². The Kier molecular flexibility index (Phi) is 10.9. The number of nitrogens with one attached hydrogen (secondary N) is 5. The lowest BCUT2D eigenvalue weighted by molar-refractivity contribution is -0.142. The number of nitrogens with two attached hydrogens (primary N) is 3. The molecular formula is C21H30N10O7. The largest absolute Gasteiger partial charge is 0.480 e. The lowest BCUT2D eigenvalue weighted by Gasteiger charge is -2.25. The highest BCUT2D eigenvalue weighted by Crippen LogP contribution is 2.06. The second kappa shape index (κ2) is 14.1. The van der Waals surface area contributed by atoms with Gasteiger partial charge < -0.3 is 48.2 Å². The zero-order valence-corrected chi connectivity index (χ0v) is 20.2. The number of aliphatic carboxylic acids is 1. The van der Waals surface area contributed by atoms with Crippen molar-refractivity contribution in [2.45, 2.75) is 56.3 Å². The molecule has 0 saturated carbocycles. The maximum Gasteiger partial charge on any atom is 0.326 e. The van der Waals surface area contributed by atoms with Crippen molar-refractivity contribution in [3.63, 3.8) is 0 Å². The minimum atomic E-state index is -1.46. The van der Waals surface area contributed by atoms with E-state index in [0.29, 0.717) is 11.4 Å². The van der Waals surface area contributed by atoms with Gasteiger partial charge in [-0.05, 0) is 6.42 Å². The van der Waals surface area contributed by atoms with Crippen molar-refractivity contribution in [2.75, 3.05) is 0 Å². The summed E-state index contributed by atoms with van der Waals surface area (Å²) in [7, 11) is 0. The third-order valence-electron chi connectivity index (χ3n) is 5.28. The van der Waals surface area contributed by atoms with Gasteiger partial charge in [0.05, 0.1) is 25.1 Å². The fourth-order valence-corrected chi connectivity index (χ4v) is 3.33. The normalized spacial score (nSPS) is 13.9. The first-order chi connectivity index (χ1) is 18.0. The van der Waals surface area contributed by atoms with E-state index in [1.165, 1.54) is 25.0 Å². The standard InChI is InChI=1S/C21H30N10O7/c22-12(5-17(24)33)18(34)30-14(3-10-6-25-8-27-10)20(36)31-15(4-11-7-26-9-28-11)19(35)29-13(21(37)38)1-2-16(23)32/h6-9,12-15H,1-5,22H2,(H2,23,32)(H2,24,33)(H,25,27)(H,26,28)(H,29,35)(H,30,34)(H,31,36)(H,37,38). The van der Waals surface area contributed by atoms with Gasteiger partial charge in [0.1, 0.15) is 18.1 Å². The van der Waals surface area contributed by atoms with Crippen LogP contribution < -0.4 is 33.2 Å². The van der Waals surface area contributed by atoms with Crippen molar-refractivity contribution < 1.29 is 33.9 Å². The number of aromatic nitrogens is 4. The van der Waals surface area contributed by atoms with Gasteiger partial charge in [-0.25, -0.2) is 14.8 Å². The molecule has 0 saturated heterocycles. The van der Waals surface area contributed by atoms with Crippen LogP contribution in [-0.2, 0) is 41.6 Å². The molecule has 4 atom stereocenters. The van der Waals surface area contributed by atoms with Crippen LogP contribution in [0.25, 0.3) is 0 Å². The number of hydrogen-bond donors (Lipinski definition) is 9. The molecule has 206 valence electrons. The molecule has 0 aliphatic carbocycles. The Balaban J connectivity index is 2.23. The number of carbonyl (C=O) groups is 6. The molecule has 0 spiro atoms. The molecular weight excluding hydrogens is 504 g/mol. The Morgan fingerprint density at radius 2 is 1.26 bits per heavy atom. The summed E-state index contributed by atoms with van der Waals surface area (Å²) in [5, 5.41) is 16.6. The second-order valence-corrected chi connectivity index (χ2v) is 8.37. The molecule has 4 unspecified atom stereocenters. The summed E-state index contributed by atoms with van der Waals surface area (Å²) in [6.07, 6.45) is 4.30. The van der Waals surface area contributed by atoms with E-state index in [2.05, 4.69) is 35.9 Å². The van der Waals surface area contributed by atoms with Gasteiger partial charge in [-0.2, -0.15) is 0 Å². The summed E-state index contributed by atoms with van der Waals surface area (Å²) < 4.78 is 0. The Labute approximate surface area is 215 Å². The molecule has 0 fully saturated rings. The lowest BCUT2D eigenvalue weighted by Crippen LogP contribution is -2.58. The summed E-state index contributed by atoms with van der Waals surface area (Å²) in [6.45, 7) is 0. The molecule has 2 aromatic heterocycles. The molecule has 5 amide bonds. The van der Waals surface area contributed by atoms with Gasteiger partial charge in [0.25, 0.3) is 0 Å². The lowest BCUT2D eigenvalue weighted by atomic mass is 10.1. The van der Waals surface area contributed by atoms with Crippen LogP contribution in [-0.4, -0.2) is 84.7 Å². The van der Waals surface area contributed by atoms with Crippen molar-refractivity contribution in [2.24, 2.45) is 17.2 Å². The molecule has 2 aromatic rings. The Morgan fingerprint density at radius 3 is 1.66 bits per heavy atom. The molecule has 0 bridgehead atoms. The number of carboxylic acid groups (broad SMARTS) is 1. The minimum absolute atomic E-state index is 0.0877. The molecule has 17 heteroatoms. The molecule has 2 heterocycles. The number of carboxylic acids is 1. The number of primary amides is 2. The van der Waals surface area contributed by atoms with Crippen LogP contribution in [0, 0.1) is 0 Å². The first-order valence-corrected chi connectivity index (χ1v) is 11.4. The maximum absolute atomic E-state index is 13.3. The topological polar surface area (TPSA) is 294 Å². The van der Waals surface area contributed by atoms with Crippen LogP contribution in [0.5, 0.6) is 0 Å². The predicted octanol–water partition coefficient (Wildman–Crippen LogP) is -4.07. The summed E-state index contributed by atoms with van der Waals surface area (Å²) >= 11 is 0. The first kappa shape index (κ1) is 29.4. The summed E-state index contributed by atoms with van der Waals surface area (Å²) in [6, 6.07) is -5.37. The van der Waals surface area contributed by atoms with Crippen LogP contribution in [0.15, 0.2) is 25.0 Å². The van der Waals surface area contributed by atoms with Gasteiger partial charge in [-0.1, -0.05) is 0 Å². The number of amides is 5. The zero-order chi connectivity index (χ0) is 28.2. The van der Waals surface area contributed by atoms with Gasteiger partial charge in [0.2, 0.25) is 29.5 Å². The summed E-state index contributed by atoms with van der Waals surface area (Å²) in [4.78, 5) is 85.9. The fourth-order valence-electron chi connectivity index (χ4n) is 3.33. The number of H-pyrrole nitrogens is 2. The highest BCUT2D eigenvalue weighted by atomic mass is 16.4. The van der Waals surface area contributed by atoms with Crippen molar-refractivity contribution in [1.82, 2.24) is 35.9 Å².